The molecule has 0 bridgehead atoms. The normalized spacial score (nSPS) is 16.5. The Balaban J connectivity index is 1.46. The molecule has 0 unspecified atom stereocenters. The van der Waals surface area contributed by atoms with Gasteiger partial charge in [0.2, 0.25) is 0 Å². The molecule has 0 saturated heterocycles. The van der Waals surface area contributed by atoms with Gasteiger partial charge in [-0.25, -0.2) is 9.97 Å². The minimum absolute atomic E-state index is 0.515. The Labute approximate surface area is 136 Å². The number of benzene rings is 1. The van der Waals surface area contributed by atoms with Crippen LogP contribution in [0.5, 0.6) is 11.5 Å². The summed E-state index contributed by atoms with van der Waals surface area (Å²) in [7, 11) is 0. The molecule has 2 aliphatic rings. The Morgan fingerprint density at radius 2 is 1.87 bits per heavy atom. The minimum atomic E-state index is 0.515. The Morgan fingerprint density at radius 1 is 1.00 bits per heavy atom. The van der Waals surface area contributed by atoms with Gasteiger partial charge in [-0.2, -0.15) is 0 Å². The Morgan fingerprint density at radius 3 is 2.74 bits per heavy atom. The van der Waals surface area contributed by atoms with Gasteiger partial charge in [0.05, 0.1) is 5.69 Å². The summed E-state index contributed by atoms with van der Waals surface area (Å²) in [4.78, 5) is 9.25. The molecule has 1 fully saturated rings. The molecular formula is C17H14N2O3S. The molecule has 23 heavy (non-hydrogen) atoms. The molecule has 2 aromatic heterocycles. The van der Waals surface area contributed by atoms with Crippen molar-refractivity contribution >= 4 is 11.3 Å². The highest BCUT2D eigenvalue weighted by atomic mass is 32.1. The van der Waals surface area contributed by atoms with E-state index in [0.717, 1.165) is 39.3 Å². The van der Waals surface area contributed by atoms with Crippen LogP contribution in [0, 0.1) is 0 Å². The van der Waals surface area contributed by atoms with Crippen molar-refractivity contribution in [1.29, 1.82) is 0 Å². The second kappa shape index (κ2) is 5.09. The molecule has 5 nitrogen and oxygen atoms in total. The summed E-state index contributed by atoms with van der Waals surface area (Å²) < 4.78 is 16.7. The maximum absolute atomic E-state index is 5.64. The Hall–Kier alpha value is -2.34. The third kappa shape index (κ3) is 2.39. The highest BCUT2D eigenvalue weighted by Gasteiger charge is 2.29. The lowest BCUT2D eigenvalue weighted by molar-refractivity contribution is 0.171. The number of hydrogen-bond acceptors (Lipinski definition) is 6. The molecule has 1 saturated carbocycles. The summed E-state index contributed by atoms with van der Waals surface area (Å²) in [6.07, 6.45) is 4.07. The average molecular weight is 326 g/mol. The first-order valence-corrected chi connectivity index (χ1v) is 8.56. The standard InChI is InChI=1S/C17H14N2O3S/c1-2-10(1)16-18-12(8-22-16)17-19-13(9-23-17)11-3-4-14-15(7-11)21-6-5-20-14/h3-4,7-10H,1-2,5-6H2. The third-order valence-corrected chi connectivity index (χ3v) is 4.87. The molecule has 0 atom stereocenters. The number of aromatic nitrogens is 2. The summed E-state index contributed by atoms with van der Waals surface area (Å²) in [6, 6.07) is 5.92. The molecule has 116 valence electrons. The van der Waals surface area contributed by atoms with Gasteiger partial charge in [0.1, 0.15) is 30.2 Å². The van der Waals surface area contributed by atoms with E-state index in [1.165, 1.54) is 12.8 Å². The summed E-state index contributed by atoms with van der Waals surface area (Å²) in [6.45, 7) is 1.18. The second-order valence-corrected chi connectivity index (χ2v) is 6.60. The fourth-order valence-corrected chi connectivity index (χ4v) is 3.41. The van der Waals surface area contributed by atoms with Crippen molar-refractivity contribution in [2.24, 2.45) is 0 Å². The zero-order valence-electron chi connectivity index (χ0n) is 12.3. The van der Waals surface area contributed by atoms with Gasteiger partial charge in [-0.15, -0.1) is 11.3 Å². The largest absolute Gasteiger partial charge is 0.486 e. The van der Waals surface area contributed by atoms with E-state index in [0.29, 0.717) is 19.1 Å². The average Bonchev–Trinajstić information content (AvgIpc) is 3.13. The van der Waals surface area contributed by atoms with E-state index in [1.807, 2.05) is 23.6 Å². The van der Waals surface area contributed by atoms with Crippen molar-refractivity contribution < 1.29 is 13.9 Å². The van der Waals surface area contributed by atoms with Gasteiger partial charge in [-0.1, -0.05) is 0 Å². The van der Waals surface area contributed by atoms with Gasteiger partial charge in [-0.3, -0.25) is 0 Å². The first kappa shape index (κ1) is 13.1. The molecule has 0 spiro atoms. The number of thiazole rings is 1. The monoisotopic (exact) mass is 326 g/mol. The number of fused-ring (bicyclic) bond motifs is 1. The van der Waals surface area contributed by atoms with E-state index in [9.17, 15) is 0 Å². The molecule has 1 aromatic carbocycles. The quantitative estimate of drug-likeness (QED) is 0.725. The van der Waals surface area contributed by atoms with E-state index in [1.54, 1.807) is 17.6 Å². The highest BCUT2D eigenvalue weighted by molar-refractivity contribution is 7.13. The lowest BCUT2D eigenvalue weighted by Gasteiger charge is -2.18. The molecule has 3 aromatic rings. The predicted molar refractivity (Wildman–Crippen MR) is 86.0 cm³/mol. The van der Waals surface area contributed by atoms with Crippen LogP contribution in [-0.2, 0) is 0 Å². The topological polar surface area (TPSA) is 57.4 Å². The Bertz CT molecular complexity index is 866. The molecule has 0 radical (unpaired) electrons. The van der Waals surface area contributed by atoms with E-state index in [2.05, 4.69) is 4.98 Å². The maximum atomic E-state index is 5.64. The van der Waals surface area contributed by atoms with Gasteiger partial charge in [0, 0.05) is 16.9 Å². The SMILES string of the molecule is c1cc2c(cc1-c1csc(-c3coc(C4CC4)n3)n1)OCCO2. The summed E-state index contributed by atoms with van der Waals surface area (Å²) in [5.41, 5.74) is 2.75. The van der Waals surface area contributed by atoms with Crippen LogP contribution in [-0.4, -0.2) is 23.2 Å². The fraction of sp³-hybridized carbons (Fsp3) is 0.294. The van der Waals surface area contributed by atoms with Crippen LogP contribution in [0.3, 0.4) is 0 Å². The smallest absolute Gasteiger partial charge is 0.197 e. The molecule has 6 heteroatoms. The number of ether oxygens (including phenoxy) is 2. The van der Waals surface area contributed by atoms with Crippen LogP contribution in [0.2, 0.25) is 0 Å². The van der Waals surface area contributed by atoms with E-state index >= 15 is 0 Å². The van der Waals surface area contributed by atoms with E-state index in [-0.39, 0.29) is 0 Å². The van der Waals surface area contributed by atoms with Crippen molar-refractivity contribution in [1.82, 2.24) is 9.97 Å². The lowest BCUT2D eigenvalue weighted by Crippen LogP contribution is -2.15. The van der Waals surface area contributed by atoms with Gasteiger partial charge in [0.25, 0.3) is 0 Å². The van der Waals surface area contributed by atoms with Crippen LogP contribution in [0.4, 0.5) is 0 Å². The van der Waals surface area contributed by atoms with Crippen molar-refractivity contribution in [2.45, 2.75) is 18.8 Å². The van der Waals surface area contributed by atoms with Crippen molar-refractivity contribution in [3.05, 3.63) is 35.7 Å². The number of rotatable bonds is 3. The first-order chi connectivity index (χ1) is 11.4. The van der Waals surface area contributed by atoms with Gasteiger partial charge < -0.3 is 13.9 Å². The maximum Gasteiger partial charge on any atom is 0.197 e. The lowest BCUT2D eigenvalue weighted by atomic mass is 10.1. The zero-order chi connectivity index (χ0) is 15.2. The van der Waals surface area contributed by atoms with Crippen molar-refractivity contribution in [3.63, 3.8) is 0 Å². The molecule has 5 rings (SSSR count). The van der Waals surface area contributed by atoms with Crippen LogP contribution < -0.4 is 9.47 Å². The first-order valence-electron chi connectivity index (χ1n) is 7.68. The van der Waals surface area contributed by atoms with Crippen molar-refractivity contribution in [3.8, 4) is 33.5 Å². The van der Waals surface area contributed by atoms with Crippen LogP contribution in [0.25, 0.3) is 22.0 Å². The molecule has 3 heterocycles. The van der Waals surface area contributed by atoms with Crippen LogP contribution in [0.15, 0.2) is 34.3 Å². The molecular weight excluding hydrogens is 312 g/mol. The zero-order valence-corrected chi connectivity index (χ0v) is 13.1. The number of hydrogen-bond donors (Lipinski definition) is 0. The number of oxazole rings is 1. The summed E-state index contributed by atoms with van der Waals surface area (Å²) >= 11 is 1.57. The predicted octanol–water partition coefficient (Wildman–Crippen LogP) is 4.11. The van der Waals surface area contributed by atoms with Gasteiger partial charge >= 0.3 is 0 Å². The van der Waals surface area contributed by atoms with E-state index < -0.39 is 0 Å². The minimum Gasteiger partial charge on any atom is -0.486 e. The van der Waals surface area contributed by atoms with Crippen LogP contribution in [0.1, 0.15) is 24.7 Å². The summed E-state index contributed by atoms with van der Waals surface area (Å²) in [5, 5.41) is 2.91. The van der Waals surface area contributed by atoms with Gasteiger partial charge in [0.15, 0.2) is 17.4 Å². The highest BCUT2D eigenvalue weighted by Crippen LogP contribution is 2.41. The van der Waals surface area contributed by atoms with Crippen molar-refractivity contribution in [2.75, 3.05) is 13.2 Å². The second-order valence-electron chi connectivity index (χ2n) is 5.74. The molecule has 1 aliphatic carbocycles. The fourth-order valence-electron chi connectivity index (χ4n) is 2.63. The Kier molecular flexibility index (Phi) is 2.91. The third-order valence-electron chi connectivity index (χ3n) is 4.01. The molecule has 1 aliphatic heterocycles. The van der Waals surface area contributed by atoms with Crippen LogP contribution >= 0.6 is 11.3 Å². The number of nitrogens with zero attached hydrogens (tertiary/aromatic N) is 2. The molecule has 0 N–H and O–H groups in total. The summed E-state index contributed by atoms with van der Waals surface area (Å²) in [5.74, 6) is 2.93. The van der Waals surface area contributed by atoms with Gasteiger partial charge in [-0.05, 0) is 31.0 Å². The van der Waals surface area contributed by atoms with E-state index in [4.69, 9.17) is 18.9 Å². The molecule has 0 amide bonds.